The van der Waals surface area contributed by atoms with E-state index in [0.717, 1.165) is 28.4 Å². The van der Waals surface area contributed by atoms with Gasteiger partial charge in [0, 0.05) is 11.9 Å². The van der Waals surface area contributed by atoms with Crippen LogP contribution in [0, 0.1) is 13.8 Å². The van der Waals surface area contributed by atoms with Gasteiger partial charge in [0.2, 0.25) is 0 Å². The van der Waals surface area contributed by atoms with Crippen molar-refractivity contribution in [2.45, 2.75) is 13.8 Å². The van der Waals surface area contributed by atoms with Crippen LogP contribution >= 0.6 is 0 Å². The Hall–Kier alpha value is -3.54. The van der Waals surface area contributed by atoms with Gasteiger partial charge in [-0.25, -0.2) is 0 Å². The van der Waals surface area contributed by atoms with Crippen molar-refractivity contribution >= 4 is 17.3 Å². The average molecular weight is 391 g/mol. The molecule has 0 radical (unpaired) electrons. The number of pyridine rings is 1. The predicted octanol–water partition coefficient (Wildman–Crippen LogP) is 4.26. The van der Waals surface area contributed by atoms with Gasteiger partial charge in [0.15, 0.2) is 0 Å². The van der Waals surface area contributed by atoms with Crippen LogP contribution in [-0.4, -0.2) is 31.2 Å². The molecule has 0 spiro atoms. The van der Waals surface area contributed by atoms with E-state index in [0.29, 0.717) is 18.7 Å². The molecule has 0 atom stereocenters. The number of hydrogen-bond donors (Lipinski definition) is 2. The molecule has 0 bridgehead atoms. The van der Waals surface area contributed by atoms with E-state index in [-0.39, 0.29) is 5.91 Å². The summed E-state index contributed by atoms with van der Waals surface area (Å²) in [7, 11) is 1.62. The van der Waals surface area contributed by atoms with Crippen LogP contribution in [0.1, 0.15) is 21.5 Å². The third kappa shape index (κ3) is 5.72. The van der Waals surface area contributed by atoms with Gasteiger partial charge in [0.1, 0.15) is 18.1 Å². The number of carbonyl (C=O) groups excluding carboxylic acids is 1. The molecule has 0 aliphatic rings. The van der Waals surface area contributed by atoms with Crippen molar-refractivity contribution in [3.8, 4) is 11.5 Å². The summed E-state index contributed by atoms with van der Waals surface area (Å²) in [5.41, 5.74) is 4.58. The van der Waals surface area contributed by atoms with E-state index in [1.807, 2.05) is 43.3 Å². The van der Waals surface area contributed by atoms with Crippen molar-refractivity contribution in [2.24, 2.45) is 0 Å². The average Bonchev–Trinajstić information content (AvgIpc) is 2.74. The molecular weight excluding hydrogens is 366 g/mol. The van der Waals surface area contributed by atoms with Gasteiger partial charge in [-0.3, -0.25) is 9.78 Å². The van der Waals surface area contributed by atoms with Crippen LogP contribution in [0.15, 0.2) is 60.9 Å². The normalized spacial score (nSPS) is 10.3. The summed E-state index contributed by atoms with van der Waals surface area (Å²) in [5, 5.41) is 6.16. The predicted molar refractivity (Wildman–Crippen MR) is 114 cm³/mol. The van der Waals surface area contributed by atoms with Crippen molar-refractivity contribution in [2.75, 3.05) is 25.6 Å². The van der Waals surface area contributed by atoms with E-state index in [1.165, 1.54) is 5.56 Å². The van der Waals surface area contributed by atoms with E-state index in [9.17, 15) is 4.79 Å². The zero-order chi connectivity index (χ0) is 20.6. The number of rotatable bonds is 8. The molecule has 1 amide bonds. The highest BCUT2D eigenvalue weighted by Crippen LogP contribution is 2.21. The maximum Gasteiger partial charge on any atom is 0.253 e. The van der Waals surface area contributed by atoms with Crippen LogP contribution in [0.4, 0.5) is 11.4 Å². The molecule has 0 fully saturated rings. The Kier molecular flexibility index (Phi) is 6.68. The topological polar surface area (TPSA) is 72.5 Å². The van der Waals surface area contributed by atoms with Crippen LogP contribution in [0.25, 0.3) is 0 Å². The van der Waals surface area contributed by atoms with Crippen molar-refractivity contribution in [3.63, 3.8) is 0 Å². The van der Waals surface area contributed by atoms with Crippen LogP contribution in [0.3, 0.4) is 0 Å². The van der Waals surface area contributed by atoms with Gasteiger partial charge in [-0.05, 0) is 55.8 Å². The molecule has 0 unspecified atom stereocenters. The number of nitrogens with zero attached hydrogens (tertiary/aromatic N) is 1. The summed E-state index contributed by atoms with van der Waals surface area (Å²) in [6.07, 6.45) is 3.25. The first-order chi connectivity index (χ1) is 14.0. The highest BCUT2D eigenvalue weighted by molar-refractivity contribution is 5.94. The summed E-state index contributed by atoms with van der Waals surface area (Å²) in [4.78, 5) is 16.6. The first-order valence-electron chi connectivity index (χ1n) is 9.39. The number of aryl methyl sites for hydroxylation is 2. The van der Waals surface area contributed by atoms with E-state index < -0.39 is 0 Å². The highest BCUT2D eigenvalue weighted by Gasteiger charge is 2.08. The van der Waals surface area contributed by atoms with Crippen molar-refractivity contribution in [1.29, 1.82) is 0 Å². The number of amides is 1. The van der Waals surface area contributed by atoms with Crippen LogP contribution < -0.4 is 20.1 Å². The molecule has 0 saturated heterocycles. The number of aromatic nitrogens is 1. The molecule has 150 valence electrons. The molecule has 2 N–H and O–H groups in total. The SMILES string of the molecule is COc1ccc(OCCNC(=O)c2cncc(Nc3ccc(C)cc3C)c2)cc1. The van der Waals surface area contributed by atoms with Gasteiger partial charge in [0.05, 0.1) is 31.1 Å². The van der Waals surface area contributed by atoms with Crippen LogP contribution in [0.5, 0.6) is 11.5 Å². The summed E-state index contributed by atoms with van der Waals surface area (Å²) < 4.78 is 10.7. The molecule has 6 heteroatoms. The quantitative estimate of drug-likeness (QED) is 0.562. The van der Waals surface area contributed by atoms with E-state index in [2.05, 4.69) is 28.6 Å². The molecule has 6 nitrogen and oxygen atoms in total. The zero-order valence-corrected chi connectivity index (χ0v) is 16.9. The molecule has 3 rings (SSSR count). The van der Waals surface area contributed by atoms with Gasteiger partial charge < -0.3 is 20.1 Å². The summed E-state index contributed by atoms with van der Waals surface area (Å²) in [5.74, 6) is 1.30. The molecule has 0 aliphatic heterocycles. The Labute approximate surface area is 170 Å². The smallest absolute Gasteiger partial charge is 0.253 e. The molecular formula is C23H25N3O3. The van der Waals surface area contributed by atoms with Crippen LogP contribution in [-0.2, 0) is 0 Å². The lowest BCUT2D eigenvalue weighted by Gasteiger charge is -2.11. The Morgan fingerprint density at radius 1 is 1.00 bits per heavy atom. The Morgan fingerprint density at radius 3 is 2.48 bits per heavy atom. The third-order valence-electron chi connectivity index (χ3n) is 4.38. The monoisotopic (exact) mass is 391 g/mol. The molecule has 1 heterocycles. The van der Waals surface area contributed by atoms with Gasteiger partial charge in [-0.2, -0.15) is 0 Å². The molecule has 0 saturated carbocycles. The molecule has 29 heavy (non-hydrogen) atoms. The lowest BCUT2D eigenvalue weighted by atomic mass is 10.1. The van der Waals surface area contributed by atoms with Crippen molar-refractivity contribution in [1.82, 2.24) is 10.3 Å². The maximum atomic E-state index is 12.4. The number of carbonyl (C=O) groups is 1. The fourth-order valence-corrected chi connectivity index (χ4v) is 2.85. The largest absolute Gasteiger partial charge is 0.497 e. The third-order valence-corrected chi connectivity index (χ3v) is 4.38. The minimum absolute atomic E-state index is 0.194. The second-order valence-electron chi connectivity index (χ2n) is 6.69. The van der Waals surface area contributed by atoms with Gasteiger partial charge in [-0.15, -0.1) is 0 Å². The number of benzene rings is 2. The fraction of sp³-hybridized carbons (Fsp3) is 0.217. The van der Waals surface area contributed by atoms with Gasteiger partial charge >= 0.3 is 0 Å². The summed E-state index contributed by atoms with van der Waals surface area (Å²) in [6.45, 7) is 4.86. The maximum absolute atomic E-state index is 12.4. The van der Waals surface area contributed by atoms with Crippen molar-refractivity contribution in [3.05, 3.63) is 77.6 Å². The number of anilines is 2. The Bertz CT molecular complexity index is 971. The standard InChI is InChI=1S/C23H25N3O3/c1-16-4-9-22(17(2)12-16)26-19-13-18(14-24-15-19)23(27)25-10-11-29-21-7-5-20(28-3)6-8-21/h4-9,12-15,26H,10-11H2,1-3H3,(H,25,27). The number of nitrogens with one attached hydrogen (secondary N) is 2. The first kappa shape index (κ1) is 20.2. The van der Waals surface area contributed by atoms with Gasteiger partial charge in [-0.1, -0.05) is 17.7 Å². The minimum Gasteiger partial charge on any atom is -0.497 e. The highest BCUT2D eigenvalue weighted by atomic mass is 16.5. The molecule has 0 aliphatic carbocycles. The lowest BCUT2D eigenvalue weighted by molar-refractivity contribution is 0.0946. The molecule has 3 aromatic rings. The second kappa shape index (κ2) is 9.59. The Balaban J connectivity index is 1.52. The van der Waals surface area contributed by atoms with E-state index in [1.54, 1.807) is 25.6 Å². The molecule has 2 aromatic carbocycles. The first-order valence-corrected chi connectivity index (χ1v) is 9.39. The minimum atomic E-state index is -0.194. The summed E-state index contributed by atoms with van der Waals surface area (Å²) in [6, 6.07) is 15.3. The Morgan fingerprint density at radius 2 is 1.76 bits per heavy atom. The number of ether oxygens (including phenoxy) is 2. The van der Waals surface area contributed by atoms with E-state index in [4.69, 9.17) is 9.47 Å². The van der Waals surface area contributed by atoms with Gasteiger partial charge in [0.25, 0.3) is 5.91 Å². The number of methoxy groups -OCH3 is 1. The number of hydrogen-bond acceptors (Lipinski definition) is 5. The van der Waals surface area contributed by atoms with Crippen molar-refractivity contribution < 1.29 is 14.3 Å². The molecule has 1 aromatic heterocycles. The lowest BCUT2D eigenvalue weighted by Crippen LogP contribution is -2.28. The second-order valence-corrected chi connectivity index (χ2v) is 6.69. The van der Waals surface area contributed by atoms with E-state index >= 15 is 0 Å². The fourth-order valence-electron chi connectivity index (χ4n) is 2.85. The zero-order valence-electron chi connectivity index (χ0n) is 16.9. The van der Waals surface area contributed by atoms with Crippen LogP contribution in [0.2, 0.25) is 0 Å². The summed E-state index contributed by atoms with van der Waals surface area (Å²) >= 11 is 0.